The highest BCUT2D eigenvalue weighted by atomic mass is 28.4. The number of cyclic esters (lactones) is 1. The van der Waals surface area contributed by atoms with Gasteiger partial charge in [0.05, 0.1) is 37.6 Å². The molecule has 0 unspecified atom stereocenters. The first-order valence-corrected chi connectivity index (χ1v) is 30.8. The number of Topliss-reactive ketones (excluding diaryl/α,β-unsaturated/α-hetero) is 3. The number of methoxy groups -OCH3 is 3. The maximum absolute atomic E-state index is 14.6. The number of ketones is 3. The van der Waals surface area contributed by atoms with E-state index in [1.54, 1.807) is 41.1 Å². The monoisotopic (exact) mass is 1070 g/mol. The Morgan fingerprint density at radius 3 is 2.20 bits per heavy atom. The Bertz CT molecular complexity index is 2030. The minimum absolute atomic E-state index is 0.0168. The number of rotatable bonds is 11. The number of hydrogen-bond donors (Lipinski definition) is 2. The number of carbonyl (C=O) groups excluding carboxylic acids is 5. The van der Waals surface area contributed by atoms with Gasteiger partial charge in [0, 0.05) is 58.5 Å². The molecule has 1 aliphatic carbocycles. The number of hydrogen-bond acceptors (Lipinski definition) is 14. The van der Waals surface area contributed by atoms with E-state index in [1.165, 1.54) is 12.0 Å². The number of amides is 1. The fraction of sp³-hybridized carbons (Fsp3) is 0.780. The summed E-state index contributed by atoms with van der Waals surface area (Å²) in [5.74, 6) is -7.87. The van der Waals surface area contributed by atoms with Gasteiger partial charge in [0.2, 0.25) is 5.79 Å². The lowest BCUT2D eigenvalue weighted by molar-refractivity contribution is -0.265. The van der Waals surface area contributed by atoms with Crippen molar-refractivity contribution in [3.8, 4) is 0 Å². The molecule has 4 rings (SSSR count). The van der Waals surface area contributed by atoms with Crippen LogP contribution in [0.4, 0.5) is 0 Å². The third-order valence-electron chi connectivity index (χ3n) is 17.1. The maximum Gasteiger partial charge on any atom is 0.329 e. The van der Waals surface area contributed by atoms with E-state index in [2.05, 4.69) is 33.9 Å². The van der Waals surface area contributed by atoms with Crippen LogP contribution < -0.4 is 0 Å². The molecule has 0 aromatic carbocycles. The first-order chi connectivity index (χ1) is 35.2. The predicted octanol–water partition coefficient (Wildman–Crippen LogP) is 9.23. The Kier molecular flexibility index (Phi) is 25.0. The molecular weight excluding hydrogens is 975 g/mol. The van der Waals surface area contributed by atoms with Crippen LogP contribution in [0, 0.1) is 35.5 Å². The van der Waals surface area contributed by atoms with E-state index >= 15 is 0 Å². The van der Waals surface area contributed by atoms with Crippen molar-refractivity contribution in [2.24, 2.45) is 35.5 Å². The molecule has 2 bridgehead atoms. The SMILES string of the molecule is CO[C@H]1C[C@@H]2CC[C@@H](C)[C@@](O)(O2)C(=O)C(=O)N2CCCC[C@H]2C(=O)O[C@H]([C@H](C)C[C@@H]2CC[C@@H](OCCO[Si](C)(C)C(C)(C)C)[C@H](OC)C2)CC(=O)[C@H](C)/C=C(/C)[C@@H](O)[C@@H](OC)C(=O)[C@H](C)C[C@H](C)\C=C/C=C\C=C/1C. The van der Waals surface area contributed by atoms with Crippen LogP contribution in [-0.4, -0.2) is 148 Å². The third kappa shape index (κ3) is 17.7. The minimum Gasteiger partial charge on any atom is -0.460 e. The van der Waals surface area contributed by atoms with Crippen molar-refractivity contribution in [2.75, 3.05) is 41.1 Å². The molecule has 0 aromatic heterocycles. The molecule has 75 heavy (non-hydrogen) atoms. The summed E-state index contributed by atoms with van der Waals surface area (Å²) in [4.78, 5) is 72.7. The molecule has 4 aliphatic rings. The molecule has 2 saturated heterocycles. The average Bonchev–Trinajstić information content (AvgIpc) is 3.36. The Morgan fingerprint density at radius 2 is 1.55 bits per heavy atom. The fourth-order valence-corrected chi connectivity index (χ4v) is 12.0. The van der Waals surface area contributed by atoms with Gasteiger partial charge in [0.25, 0.3) is 11.7 Å². The lowest BCUT2D eigenvalue weighted by atomic mass is 9.78. The van der Waals surface area contributed by atoms with Gasteiger partial charge in [-0.2, -0.15) is 0 Å². The average molecular weight is 1070 g/mol. The van der Waals surface area contributed by atoms with E-state index in [0.717, 1.165) is 18.4 Å². The third-order valence-corrected chi connectivity index (χ3v) is 21.7. The number of piperidine rings is 1. The van der Waals surface area contributed by atoms with Gasteiger partial charge in [0.1, 0.15) is 30.1 Å². The number of carbonyl (C=O) groups is 5. The van der Waals surface area contributed by atoms with E-state index in [9.17, 15) is 34.2 Å². The zero-order chi connectivity index (χ0) is 56.0. The molecule has 15 nitrogen and oxygen atoms in total. The van der Waals surface area contributed by atoms with Crippen LogP contribution in [0.15, 0.2) is 47.6 Å². The number of ether oxygens (including phenoxy) is 6. The molecule has 2 N–H and O–H groups in total. The van der Waals surface area contributed by atoms with E-state index < -0.39 is 86.1 Å². The molecule has 3 fully saturated rings. The Balaban J connectivity index is 1.65. The normalized spacial score (nSPS) is 37.1. The van der Waals surface area contributed by atoms with Crippen molar-refractivity contribution in [1.29, 1.82) is 0 Å². The van der Waals surface area contributed by atoms with E-state index in [0.29, 0.717) is 70.2 Å². The number of aliphatic hydroxyl groups excluding tert-OH is 1. The van der Waals surface area contributed by atoms with Gasteiger partial charge < -0.3 is 48.0 Å². The topological polar surface area (TPSA) is 194 Å². The van der Waals surface area contributed by atoms with Crippen molar-refractivity contribution < 1.29 is 67.0 Å². The molecule has 1 saturated carbocycles. The standard InChI is InChI=1S/C59H97NO14Si/c1-37-21-17-16-18-22-38(2)49(68-11)35-45-26-24-43(7)59(67,74-45)55(64)56(65)60-28-20-19-23-46(60)57(66)73-50(36-47(61)39(3)32-42(6)53(63)54(70-13)52(62)41(5)31-37)40(4)33-44-25-27-48(51(34-44)69-12)71-29-30-72-75(14,15)58(8,9)10/h16-18,21-22,32,37,39-41,43-46,48-51,53-54,63,67H,19-20,23-31,33-36H2,1-15H3/b18-16-,21-17-,38-22-,42-32-/t37-,39-,40-,41-,43-,44+,45+,46+,48-,49+,50+,51-,53-,54+,59-/m1/s1. The van der Waals surface area contributed by atoms with Gasteiger partial charge in [-0.25, -0.2) is 4.79 Å². The summed E-state index contributed by atoms with van der Waals surface area (Å²) in [6.07, 6.45) is 12.4. The Labute approximate surface area is 451 Å². The van der Waals surface area contributed by atoms with Gasteiger partial charge in [-0.3, -0.25) is 19.2 Å². The van der Waals surface area contributed by atoms with Crippen LogP contribution in [0.1, 0.15) is 146 Å². The predicted molar refractivity (Wildman–Crippen MR) is 292 cm³/mol. The van der Waals surface area contributed by atoms with Crippen molar-refractivity contribution in [3.05, 3.63) is 47.6 Å². The van der Waals surface area contributed by atoms with E-state index in [4.69, 9.17) is 32.8 Å². The highest BCUT2D eigenvalue weighted by Crippen LogP contribution is 2.39. The summed E-state index contributed by atoms with van der Waals surface area (Å²) >= 11 is 0. The molecule has 3 aliphatic heterocycles. The molecule has 16 heteroatoms. The Morgan fingerprint density at radius 1 is 0.840 bits per heavy atom. The summed E-state index contributed by atoms with van der Waals surface area (Å²) < 4.78 is 42.8. The van der Waals surface area contributed by atoms with E-state index in [-0.39, 0.29) is 66.0 Å². The zero-order valence-electron chi connectivity index (χ0n) is 48.4. The van der Waals surface area contributed by atoms with Crippen LogP contribution in [-0.2, 0) is 56.8 Å². The van der Waals surface area contributed by atoms with Crippen LogP contribution >= 0.6 is 0 Å². The minimum atomic E-state index is -2.43. The summed E-state index contributed by atoms with van der Waals surface area (Å²) in [6.45, 7) is 24.9. The van der Waals surface area contributed by atoms with Crippen molar-refractivity contribution in [3.63, 3.8) is 0 Å². The molecule has 1 amide bonds. The van der Waals surface area contributed by atoms with Crippen molar-refractivity contribution in [2.45, 2.75) is 219 Å². The highest BCUT2D eigenvalue weighted by Gasteiger charge is 2.53. The van der Waals surface area contributed by atoms with Gasteiger partial charge in [-0.15, -0.1) is 0 Å². The van der Waals surface area contributed by atoms with Crippen LogP contribution in [0.3, 0.4) is 0 Å². The maximum atomic E-state index is 14.6. The first-order valence-electron chi connectivity index (χ1n) is 27.9. The first kappa shape index (κ1) is 64.3. The van der Waals surface area contributed by atoms with Gasteiger partial charge in [0.15, 0.2) is 14.1 Å². The van der Waals surface area contributed by atoms with Crippen LogP contribution in [0.25, 0.3) is 0 Å². The second-order valence-corrected chi connectivity index (χ2v) is 28.9. The molecule has 0 spiro atoms. The van der Waals surface area contributed by atoms with Crippen LogP contribution in [0.2, 0.25) is 18.1 Å². The highest BCUT2D eigenvalue weighted by molar-refractivity contribution is 6.74. The summed E-state index contributed by atoms with van der Waals surface area (Å²) in [5, 5.41) is 23.7. The molecule has 15 atom stereocenters. The summed E-state index contributed by atoms with van der Waals surface area (Å²) in [5.41, 5.74) is 1.28. The van der Waals surface area contributed by atoms with E-state index in [1.807, 2.05) is 58.1 Å². The lowest BCUT2D eigenvalue weighted by Crippen LogP contribution is -2.61. The molecule has 0 aromatic rings. The van der Waals surface area contributed by atoms with Gasteiger partial charge >= 0.3 is 5.97 Å². The second-order valence-electron chi connectivity index (χ2n) is 24.0. The molecule has 3 heterocycles. The quantitative estimate of drug-likeness (QED) is 0.0654. The number of nitrogens with zero attached hydrogens (tertiary/aromatic N) is 1. The zero-order valence-corrected chi connectivity index (χ0v) is 49.4. The number of esters is 1. The van der Waals surface area contributed by atoms with Crippen molar-refractivity contribution in [1.82, 2.24) is 4.90 Å². The number of aliphatic hydroxyl groups is 2. The smallest absolute Gasteiger partial charge is 0.329 e. The Hall–Kier alpha value is -3.19. The lowest BCUT2D eigenvalue weighted by Gasteiger charge is -2.42. The summed E-state index contributed by atoms with van der Waals surface area (Å²) in [7, 11) is 2.73. The number of allylic oxidation sites excluding steroid dienone is 6. The molecule has 426 valence electrons. The number of fused-ring (bicyclic) bond motifs is 3. The second kappa shape index (κ2) is 29.1. The molecular formula is C59H97NO14Si. The summed E-state index contributed by atoms with van der Waals surface area (Å²) in [6, 6.07) is -1.14. The van der Waals surface area contributed by atoms with Gasteiger partial charge in [-0.05, 0) is 125 Å². The molecule has 0 radical (unpaired) electrons. The largest absolute Gasteiger partial charge is 0.460 e. The van der Waals surface area contributed by atoms with Crippen molar-refractivity contribution >= 4 is 37.5 Å². The van der Waals surface area contributed by atoms with Crippen LogP contribution in [0.5, 0.6) is 0 Å². The van der Waals surface area contributed by atoms with Gasteiger partial charge in [-0.1, -0.05) is 91.8 Å². The fourth-order valence-electron chi connectivity index (χ4n) is 11.0.